The number of rotatable bonds is 6. The van der Waals surface area contributed by atoms with Crippen molar-refractivity contribution in [1.29, 1.82) is 0 Å². The molecular formula is C22H22N2O3S. The predicted octanol–water partition coefficient (Wildman–Crippen LogP) is 3.78. The molecule has 0 spiro atoms. The second-order valence-corrected chi connectivity index (χ2v) is 8.74. The van der Waals surface area contributed by atoms with Crippen LogP contribution in [-0.2, 0) is 16.4 Å². The summed E-state index contributed by atoms with van der Waals surface area (Å²) in [6.45, 7) is 0. The topological polar surface area (TPSA) is 66.5 Å². The Morgan fingerprint density at radius 2 is 1.57 bits per heavy atom. The summed E-state index contributed by atoms with van der Waals surface area (Å²) < 4.78 is 25.8. The molecule has 5 nitrogen and oxygen atoms in total. The molecule has 0 atom stereocenters. The summed E-state index contributed by atoms with van der Waals surface area (Å²) in [5.74, 6) is -0.272. The number of amides is 1. The van der Waals surface area contributed by atoms with Gasteiger partial charge < -0.3 is 5.32 Å². The molecule has 144 valence electrons. The zero-order valence-electron chi connectivity index (χ0n) is 15.8. The lowest BCUT2D eigenvalue weighted by Crippen LogP contribution is -2.22. The molecule has 0 heterocycles. The minimum absolute atomic E-state index is 0.132. The fraction of sp³-hybridized carbons (Fsp3) is 0.136. The van der Waals surface area contributed by atoms with Crippen molar-refractivity contribution in [3.63, 3.8) is 0 Å². The quantitative estimate of drug-likeness (QED) is 0.692. The van der Waals surface area contributed by atoms with Crippen molar-refractivity contribution in [3.05, 3.63) is 95.6 Å². The average molecular weight is 394 g/mol. The summed E-state index contributed by atoms with van der Waals surface area (Å²) in [7, 11) is -0.621. The van der Waals surface area contributed by atoms with Crippen molar-refractivity contribution in [1.82, 2.24) is 4.31 Å². The zero-order chi connectivity index (χ0) is 20.1. The maximum Gasteiger partial charge on any atom is 0.255 e. The van der Waals surface area contributed by atoms with Gasteiger partial charge in [-0.15, -0.1) is 0 Å². The van der Waals surface area contributed by atoms with Crippen LogP contribution in [0.3, 0.4) is 0 Å². The van der Waals surface area contributed by atoms with E-state index in [2.05, 4.69) is 5.32 Å². The van der Waals surface area contributed by atoms with E-state index in [-0.39, 0.29) is 10.8 Å². The van der Waals surface area contributed by atoms with Gasteiger partial charge in [0.1, 0.15) is 0 Å². The first kappa shape index (κ1) is 19.8. The van der Waals surface area contributed by atoms with Gasteiger partial charge in [-0.05, 0) is 41.8 Å². The van der Waals surface area contributed by atoms with E-state index in [0.717, 1.165) is 15.4 Å². The Kier molecular flexibility index (Phi) is 5.92. The highest BCUT2D eigenvalue weighted by Gasteiger charge is 2.18. The largest absolute Gasteiger partial charge is 0.322 e. The van der Waals surface area contributed by atoms with Gasteiger partial charge in [-0.1, -0.05) is 54.6 Å². The van der Waals surface area contributed by atoms with Crippen LogP contribution in [-0.4, -0.2) is 32.7 Å². The highest BCUT2D eigenvalue weighted by Crippen LogP contribution is 2.20. The van der Waals surface area contributed by atoms with Crippen molar-refractivity contribution in [2.45, 2.75) is 11.3 Å². The first-order chi connectivity index (χ1) is 13.4. The Morgan fingerprint density at radius 3 is 2.29 bits per heavy atom. The third kappa shape index (κ3) is 4.47. The summed E-state index contributed by atoms with van der Waals surface area (Å²) in [5.41, 5.74) is 3.01. The van der Waals surface area contributed by atoms with Crippen molar-refractivity contribution in [3.8, 4) is 0 Å². The number of nitrogens with one attached hydrogen (secondary N) is 1. The Labute approximate surface area is 165 Å². The van der Waals surface area contributed by atoms with Crippen LogP contribution in [0.1, 0.15) is 21.5 Å². The van der Waals surface area contributed by atoms with E-state index in [9.17, 15) is 13.2 Å². The number of sulfonamides is 1. The molecule has 28 heavy (non-hydrogen) atoms. The third-order valence-electron chi connectivity index (χ3n) is 4.37. The summed E-state index contributed by atoms with van der Waals surface area (Å²) in [4.78, 5) is 13.0. The molecule has 6 heteroatoms. The Morgan fingerprint density at radius 1 is 0.893 bits per heavy atom. The van der Waals surface area contributed by atoms with Crippen molar-refractivity contribution >= 4 is 21.6 Å². The van der Waals surface area contributed by atoms with Crippen LogP contribution in [0, 0.1) is 0 Å². The SMILES string of the molecule is CN(C)S(=O)(=O)c1cccc(NC(=O)c2ccccc2Cc2ccccc2)c1. The van der Waals surface area contributed by atoms with Crippen LogP contribution in [0.2, 0.25) is 0 Å². The monoisotopic (exact) mass is 394 g/mol. The van der Waals surface area contributed by atoms with Crippen LogP contribution in [0.15, 0.2) is 83.8 Å². The molecule has 3 aromatic rings. The summed E-state index contributed by atoms with van der Waals surface area (Å²) in [6, 6.07) is 23.6. The third-order valence-corrected chi connectivity index (χ3v) is 6.18. The van der Waals surface area contributed by atoms with Gasteiger partial charge in [-0.2, -0.15) is 0 Å². The number of hydrogen-bond donors (Lipinski definition) is 1. The molecule has 0 radical (unpaired) electrons. The van der Waals surface area contributed by atoms with Crippen LogP contribution >= 0.6 is 0 Å². The molecule has 0 aliphatic carbocycles. The van der Waals surface area contributed by atoms with Crippen molar-refractivity contribution < 1.29 is 13.2 Å². The minimum Gasteiger partial charge on any atom is -0.322 e. The minimum atomic E-state index is -3.57. The molecule has 0 saturated heterocycles. The van der Waals surface area contributed by atoms with E-state index >= 15 is 0 Å². The normalized spacial score (nSPS) is 11.4. The maximum absolute atomic E-state index is 12.8. The Balaban J connectivity index is 1.85. The van der Waals surface area contributed by atoms with Crippen LogP contribution in [0.25, 0.3) is 0 Å². The van der Waals surface area contributed by atoms with Gasteiger partial charge in [0, 0.05) is 25.3 Å². The first-order valence-electron chi connectivity index (χ1n) is 8.84. The molecule has 0 aromatic heterocycles. The lowest BCUT2D eigenvalue weighted by molar-refractivity contribution is 0.102. The highest BCUT2D eigenvalue weighted by atomic mass is 32.2. The number of nitrogens with zero attached hydrogens (tertiary/aromatic N) is 1. The number of benzene rings is 3. The van der Waals surface area contributed by atoms with Crippen LogP contribution < -0.4 is 5.32 Å². The number of carbonyl (C=O) groups excluding carboxylic acids is 1. The highest BCUT2D eigenvalue weighted by molar-refractivity contribution is 7.89. The fourth-order valence-corrected chi connectivity index (χ4v) is 3.80. The van der Waals surface area contributed by atoms with E-state index in [1.807, 2.05) is 48.5 Å². The summed E-state index contributed by atoms with van der Waals surface area (Å²) in [6.07, 6.45) is 0.638. The van der Waals surface area contributed by atoms with Gasteiger partial charge in [0.2, 0.25) is 10.0 Å². The summed E-state index contributed by atoms with van der Waals surface area (Å²) >= 11 is 0. The second-order valence-electron chi connectivity index (χ2n) is 6.59. The fourth-order valence-electron chi connectivity index (χ4n) is 2.86. The van der Waals surface area contributed by atoms with Gasteiger partial charge in [0.15, 0.2) is 0 Å². The van der Waals surface area contributed by atoms with E-state index in [1.165, 1.54) is 26.2 Å². The van der Waals surface area contributed by atoms with Crippen LogP contribution in [0.5, 0.6) is 0 Å². The van der Waals surface area contributed by atoms with E-state index in [1.54, 1.807) is 18.2 Å². The lowest BCUT2D eigenvalue weighted by Gasteiger charge is -2.13. The van der Waals surface area contributed by atoms with Crippen LogP contribution in [0.4, 0.5) is 5.69 Å². The smallest absolute Gasteiger partial charge is 0.255 e. The maximum atomic E-state index is 12.8. The Bertz CT molecular complexity index is 1080. The predicted molar refractivity (Wildman–Crippen MR) is 111 cm³/mol. The van der Waals surface area contributed by atoms with Gasteiger partial charge in [-0.3, -0.25) is 4.79 Å². The van der Waals surface area contributed by atoms with Crippen molar-refractivity contribution in [2.24, 2.45) is 0 Å². The van der Waals surface area contributed by atoms with Gasteiger partial charge >= 0.3 is 0 Å². The zero-order valence-corrected chi connectivity index (χ0v) is 16.6. The van der Waals surface area contributed by atoms with Gasteiger partial charge in [0.25, 0.3) is 5.91 Å². The van der Waals surface area contributed by atoms with E-state index in [0.29, 0.717) is 17.7 Å². The molecule has 1 N–H and O–H groups in total. The molecule has 0 bridgehead atoms. The standard InChI is InChI=1S/C22H22N2O3S/c1-24(2)28(26,27)20-13-8-12-19(16-20)23-22(25)21-14-7-6-11-18(21)15-17-9-4-3-5-10-17/h3-14,16H,15H2,1-2H3,(H,23,25). The second kappa shape index (κ2) is 8.37. The summed E-state index contributed by atoms with van der Waals surface area (Å²) in [5, 5.41) is 2.81. The lowest BCUT2D eigenvalue weighted by atomic mass is 9.99. The number of hydrogen-bond acceptors (Lipinski definition) is 3. The van der Waals surface area contributed by atoms with E-state index in [4.69, 9.17) is 0 Å². The molecule has 3 aromatic carbocycles. The number of carbonyl (C=O) groups is 1. The molecule has 0 unspecified atom stereocenters. The molecule has 0 aliphatic rings. The average Bonchev–Trinajstić information content (AvgIpc) is 2.69. The molecular weight excluding hydrogens is 372 g/mol. The van der Waals surface area contributed by atoms with E-state index < -0.39 is 10.0 Å². The molecule has 0 aliphatic heterocycles. The molecule has 3 rings (SSSR count). The first-order valence-corrected chi connectivity index (χ1v) is 10.3. The van der Waals surface area contributed by atoms with Gasteiger partial charge in [0.05, 0.1) is 4.90 Å². The number of anilines is 1. The Hall–Kier alpha value is -2.96. The molecule has 1 amide bonds. The van der Waals surface area contributed by atoms with Gasteiger partial charge in [-0.25, -0.2) is 12.7 Å². The molecule has 0 saturated carbocycles. The van der Waals surface area contributed by atoms with Crippen molar-refractivity contribution in [2.75, 3.05) is 19.4 Å². The molecule has 0 fully saturated rings.